The molecule has 1 aromatic carbocycles. The van der Waals surface area contributed by atoms with Crippen LogP contribution in [0.25, 0.3) is 0 Å². The molecule has 0 spiro atoms. The van der Waals surface area contributed by atoms with E-state index in [4.69, 9.17) is 15.6 Å². The number of nitrogens with two attached hydrogens (primary N) is 1. The van der Waals surface area contributed by atoms with Gasteiger partial charge in [0.1, 0.15) is 0 Å². The Labute approximate surface area is 179 Å². The molecular weight excluding hydrogens is 415 g/mol. The van der Waals surface area contributed by atoms with Gasteiger partial charge in [-0.2, -0.15) is 13.2 Å². The molecule has 1 aliphatic heterocycles. The zero-order valence-corrected chi connectivity index (χ0v) is 17.6. The van der Waals surface area contributed by atoms with Crippen molar-refractivity contribution in [2.75, 3.05) is 11.4 Å². The van der Waals surface area contributed by atoms with Crippen LogP contribution >= 0.6 is 0 Å². The number of carbonyl (C=O) groups excluding carboxylic acids is 2. The molecule has 4 N–H and O–H groups in total. The van der Waals surface area contributed by atoms with Gasteiger partial charge in [0.05, 0.1) is 6.04 Å². The van der Waals surface area contributed by atoms with Crippen LogP contribution in [0.5, 0.6) is 0 Å². The SMILES string of the molecule is CC[C@H](C)[C@@H](/C=C/C(=O)N1CCc2ccccc21)N[C@@H](C)C(N)=O.O=C(O)C(F)(F)F. The highest BCUT2D eigenvalue weighted by Gasteiger charge is 2.38. The third-order valence-electron chi connectivity index (χ3n) is 4.97. The number of rotatable bonds is 7. The number of hydrogen-bond donors (Lipinski definition) is 3. The number of hydrogen-bond acceptors (Lipinski definition) is 4. The molecule has 10 heteroatoms. The minimum absolute atomic E-state index is 0.0261. The summed E-state index contributed by atoms with van der Waals surface area (Å²) in [6.45, 7) is 6.62. The molecule has 1 aromatic rings. The molecule has 31 heavy (non-hydrogen) atoms. The molecule has 0 saturated heterocycles. The van der Waals surface area contributed by atoms with Crippen LogP contribution in [0.15, 0.2) is 36.4 Å². The van der Waals surface area contributed by atoms with E-state index in [2.05, 4.69) is 25.2 Å². The molecule has 2 amide bonds. The number of carboxylic acid groups (broad SMARTS) is 1. The maximum Gasteiger partial charge on any atom is 0.490 e. The number of anilines is 1. The fourth-order valence-electron chi connectivity index (χ4n) is 2.88. The summed E-state index contributed by atoms with van der Waals surface area (Å²) in [7, 11) is 0. The van der Waals surface area contributed by atoms with E-state index in [9.17, 15) is 22.8 Å². The van der Waals surface area contributed by atoms with Gasteiger partial charge in [-0.15, -0.1) is 0 Å². The Morgan fingerprint density at radius 1 is 1.26 bits per heavy atom. The van der Waals surface area contributed by atoms with Gasteiger partial charge in [0, 0.05) is 24.4 Å². The lowest BCUT2D eigenvalue weighted by Crippen LogP contribution is -2.46. The molecule has 1 aliphatic rings. The van der Waals surface area contributed by atoms with Gasteiger partial charge in [0.15, 0.2) is 0 Å². The quantitative estimate of drug-likeness (QED) is 0.561. The second-order valence-electron chi connectivity index (χ2n) is 7.23. The lowest BCUT2D eigenvalue weighted by atomic mass is 9.97. The van der Waals surface area contributed by atoms with Gasteiger partial charge in [-0.1, -0.05) is 44.5 Å². The highest BCUT2D eigenvalue weighted by Crippen LogP contribution is 2.27. The molecule has 7 nitrogen and oxygen atoms in total. The van der Waals surface area contributed by atoms with Crippen molar-refractivity contribution in [2.45, 2.75) is 51.9 Å². The van der Waals surface area contributed by atoms with Gasteiger partial charge >= 0.3 is 12.1 Å². The van der Waals surface area contributed by atoms with Crippen LogP contribution in [-0.2, 0) is 20.8 Å². The number of benzene rings is 1. The number of nitrogens with one attached hydrogen (secondary N) is 1. The first-order chi connectivity index (χ1) is 14.4. The molecule has 0 aliphatic carbocycles. The van der Waals surface area contributed by atoms with E-state index in [1.807, 2.05) is 24.3 Å². The Balaban J connectivity index is 0.000000592. The maximum atomic E-state index is 12.6. The normalized spacial score (nSPS) is 16.1. The Kier molecular flexibility index (Phi) is 9.70. The average molecular weight is 443 g/mol. The average Bonchev–Trinajstić information content (AvgIpc) is 3.14. The monoisotopic (exact) mass is 443 g/mol. The van der Waals surface area contributed by atoms with E-state index in [0.29, 0.717) is 12.5 Å². The lowest BCUT2D eigenvalue weighted by molar-refractivity contribution is -0.192. The van der Waals surface area contributed by atoms with Crippen LogP contribution in [0.4, 0.5) is 18.9 Å². The number of aliphatic carboxylic acids is 1. The lowest BCUT2D eigenvalue weighted by Gasteiger charge is -2.24. The first-order valence-corrected chi connectivity index (χ1v) is 9.81. The zero-order chi connectivity index (χ0) is 23.8. The second-order valence-corrected chi connectivity index (χ2v) is 7.23. The fourth-order valence-corrected chi connectivity index (χ4v) is 2.88. The molecular formula is C21H28F3N3O4. The van der Waals surface area contributed by atoms with Crippen molar-refractivity contribution >= 4 is 23.5 Å². The van der Waals surface area contributed by atoms with Gasteiger partial charge < -0.3 is 15.7 Å². The Bertz CT molecular complexity index is 811. The Hall–Kier alpha value is -2.88. The summed E-state index contributed by atoms with van der Waals surface area (Å²) in [6, 6.07) is 7.48. The maximum absolute atomic E-state index is 12.6. The predicted octanol–water partition coefficient (Wildman–Crippen LogP) is 2.64. The van der Waals surface area contributed by atoms with Crippen LogP contribution in [0.1, 0.15) is 32.8 Å². The van der Waals surface area contributed by atoms with E-state index in [1.165, 1.54) is 5.56 Å². The number of nitrogens with zero attached hydrogens (tertiary/aromatic N) is 1. The van der Waals surface area contributed by atoms with Gasteiger partial charge in [-0.3, -0.25) is 14.9 Å². The number of carbonyl (C=O) groups is 3. The van der Waals surface area contributed by atoms with Gasteiger partial charge in [0.2, 0.25) is 5.91 Å². The minimum atomic E-state index is -5.08. The molecule has 3 atom stereocenters. The van der Waals surface area contributed by atoms with E-state index < -0.39 is 24.1 Å². The van der Waals surface area contributed by atoms with Crippen LogP contribution in [0, 0.1) is 5.92 Å². The van der Waals surface area contributed by atoms with Crippen molar-refractivity contribution in [2.24, 2.45) is 11.7 Å². The third kappa shape index (κ3) is 8.05. The summed E-state index contributed by atoms with van der Waals surface area (Å²) in [6.07, 6.45) is 0.215. The van der Waals surface area contributed by atoms with E-state index in [1.54, 1.807) is 17.9 Å². The van der Waals surface area contributed by atoms with Crippen molar-refractivity contribution in [1.82, 2.24) is 5.32 Å². The Morgan fingerprint density at radius 3 is 2.35 bits per heavy atom. The number of fused-ring (bicyclic) bond motifs is 1. The van der Waals surface area contributed by atoms with Crippen molar-refractivity contribution in [3.63, 3.8) is 0 Å². The van der Waals surface area contributed by atoms with Crippen molar-refractivity contribution in [3.05, 3.63) is 42.0 Å². The number of carboxylic acids is 1. The molecule has 172 valence electrons. The smallest absolute Gasteiger partial charge is 0.475 e. The topological polar surface area (TPSA) is 113 Å². The van der Waals surface area contributed by atoms with Gasteiger partial charge in [-0.25, -0.2) is 4.79 Å². The molecule has 0 bridgehead atoms. The first kappa shape index (κ1) is 26.2. The second kappa shape index (κ2) is 11.5. The molecule has 0 aromatic heterocycles. The largest absolute Gasteiger partial charge is 0.490 e. The van der Waals surface area contributed by atoms with Gasteiger partial charge in [0.25, 0.3) is 5.91 Å². The minimum Gasteiger partial charge on any atom is -0.475 e. The number of amides is 2. The molecule has 0 unspecified atom stereocenters. The fraction of sp³-hybridized carbons (Fsp3) is 0.476. The first-order valence-electron chi connectivity index (χ1n) is 9.81. The number of primary amides is 1. The summed E-state index contributed by atoms with van der Waals surface area (Å²) in [5, 5.41) is 10.3. The molecule has 0 fully saturated rings. The van der Waals surface area contributed by atoms with Crippen molar-refractivity contribution in [1.29, 1.82) is 0 Å². The van der Waals surface area contributed by atoms with Crippen molar-refractivity contribution in [3.8, 4) is 0 Å². The van der Waals surface area contributed by atoms with Crippen molar-refractivity contribution < 1.29 is 32.7 Å². The zero-order valence-electron chi connectivity index (χ0n) is 17.6. The van der Waals surface area contributed by atoms with Crippen LogP contribution in [0.2, 0.25) is 0 Å². The molecule has 0 radical (unpaired) electrons. The highest BCUT2D eigenvalue weighted by molar-refractivity contribution is 6.02. The predicted molar refractivity (Wildman–Crippen MR) is 110 cm³/mol. The third-order valence-corrected chi connectivity index (χ3v) is 4.97. The number of para-hydroxylation sites is 1. The molecule has 0 saturated carbocycles. The Morgan fingerprint density at radius 2 is 1.84 bits per heavy atom. The summed E-state index contributed by atoms with van der Waals surface area (Å²) in [5.74, 6) is -2.88. The number of halogens is 3. The van der Waals surface area contributed by atoms with E-state index in [-0.39, 0.29) is 11.9 Å². The van der Waals surface area contributed by atoms with E-state index >= 15 is 0 Å². The summed E-state index contributed by atoms with van der Waals surface area (Å²) in [4.78, 5) is 34.6. The molecule has 2 rings (SSSR count). The van der Waals surface area contributed by atoms with Crippen LogP contribution < -0.4 is 16.0 Å². The standard InChI is InChI=1S/C19H27N3O2.C2HF3O2/c1-4-13(2)16(21-14(3)19(20)24)9-10-18(23)22-12-11-15-7-5-6-8-17(15)22;3-2(4,5)1(6)7/h5-10,13-14,16,21H,4,11-12H2,1-3H3,(H2,20,24);(H,6,7)/b10-9+;/t13-,14-,16+;/m0./s1. The number of alkyl halides is 3. The van der Waals surface area contributed by atoms with Crippen LogP contribution in [-0.4, -0.2) is 47.7 Å². The summed E-state index contributed by atoms with van der Waals surface area (Å²) in [5.41, 5.74) is 7.53. The van der Waals surface area contributed by atoms with E-state index in [0.717, 1.165) is 18.5 Å². The molecule has 1 heterocycles. The summed E-state index contributed by atoms with van der Waals surface area (Å²) >= 11 is 0. The van der Waals surface area contributed by atoms with Crippen LogP contribution in [0.3, 0.4) is 0 Å². The van der Waals surface area contributed by atoms with Gasteiger partial charge in [-0.05, 0) is 30.9 Å². The summed E-state index contributed by atoms with van der Waals surface area (Å²) < 4.78 is 31.7. The highest BCUT2D eigenvalue weighted by atomic mass is 19.4.